The number of unbranched alkanes of at least 4 members (excludes halogenated alkanes) is 1. The van der Waals surface area contributed by atoms with Crippen molar-refractivity contribution in [3.63, 3.8) is 0 Å². The Morgan fingerprint density at radius 3 is 2.61 bits per heavy atom. The normalized spacial score (nSPS) is 17.6. The smallest absolute Gasteiger partial charge is 0.370 e. The summed E-state index contributed by atoms with van der Waals surface area (Å²) in [4.78, 5) is 13.7. The van der Waals surface area contributed by atoms with Crippen LogP contribution < -0.4 is 9.64 Å². The second-order valence-corrected chi connectivity index (χ2v) is 11.5. The summed E-state index contributed by atoms with van der Waals surface area (Å²) in [6.45, 7) is 3.66. The number of fused-ring (bicyclic) bond motifs is 1. The van der Waals surface area contributed by atoms with Crippen LogP contribution in [-0.4, -0.2) is 51.2 Å². The highest BCUT2D eigenvalue weighted by Crippen LogP contribution is 2.42. The molecule has 0 spiro atoms. The average molecular weight is 573 g/mol. The van der Waals surface area contributed by atoms with Crippen molar-refractivity contribution in [2.75, 3.05) is 31.4 Å². The Bertz CT molecular complexity index is 1300. The molecule has 0 aliphatic carbocycles. The fraction of sp³-hybridized carbons (Fsp3) is 0.423. The highest BCUT2D eigenvalue weighted by atomic mass is 32.2. The predicted molar refractivity (Wildman–Crippen MR) is 140 cm³/mol. The van der Waals surface area contributed by atoms with E-state index in [-0.39, 0.29) is 41.6 Å². The van der Waals surface area contributed by atoms with Crippen molar-refractivity contribution in [3.05, 3.63) is 59.6 Å². The summed E-state index contributed by atoms with van der Waals surface area (Å²) in [6.07, 6.45) is 4.47. The van der Waals surface area contributed by atoms with Crippen LogP contribution in [0.1, 0.15) is 38.7 Å². The van der Waals surface area contributed by atoms with Crippen molar-refractivity contribution in [2.24, 2.45) is 0 Å². The zero-order valence-corrected chi connectivity index (χ0v) is 23.3. The van der Waals surface area contributed by atoms with E-state index in [0.717, 1.165) is 31.0 Å². The van der Waals surface area contributed by atoms with Gasteiger partial charge in [-0.25, -0.2) is 22.0 Å². The number of ether oxygens (including phenoxy) is 2. The Hall–Kier alpha value is -2.70. The Kier molecular flexibility index (Phi) is 10.1. The van der Waals surface area contributed by atoms with Gasteiger partial charge in [0.1, 0.15) is 28.5 Å². The van der Waals surface area contributed by atoms with Crippen LogP contribution in [0.3, 0.4) is 0 Å². The zero-order valence-electron chi connectivity index (χ0n) is 21.7. The van der Waals surface area contributed by atoms with E-state index in [1.54, 1.807) is 17.2 Å². The molecule has 12 heteroatoms. The number of anilines is 1. The predicted octanol–water partition coefficient (Wildman–Crippen LogP) is 5.64. The van der Waals surface area contributed by atoms with Gasteiger partial charge in [-0.05, 0) is 43.9 Å². The monoisotopic (exact) mass is 572 g/mol. The zero-order chi connectivity index (χ0) is 28.0. The van der Waals surface area contributed by atoms with E-state index in [2.05, 4.69) is 4.74 Å². The number of nitrogens with zero attached hydrogens (tertiary/aromatic N) is 2. The number of thioether (sulfide) groups is 1. The molecule has 7 nitrogen and oxygen atoms in total. The summed E-state index contributed by atoms with van der Waals surface area (Å²) >= 11 is 1.21. The lowest BCUT2D eigenvalue weighted by molar-refractivity contribution is -0.140. The Balaban J connectivity index is 2.15. The molecule has 1 aliphatic rings. The maximum absolute atomic E-state index is 14.6. The van der Waals surface area contributed by atoms with Crippen molar-refractivity contribution in [3.8, 4) is 5.75 Å². The molecule has 0 bridgehead atoms. The van der Waals surface area contributed by atoms with E-state index in [1.807, 2.05) is 6.92 Å². The molecule has 0 amide bonds. The van der Waals surface area contributed by atoms with Crippen LogP contribution >= 0.6 is 11.8 Å². The number of hydrogen-bond acceptors (Lipinski definition) is 7. The second kappa shape index (κ2) is 12.9. The molecule has 0 N–H and O–H groups in total. The Morgan fingerprint density at radius 2 is 1.95 bits per heavy atom. The molecule has 1 heterocycles. The maximum atomic E-state index is 14.6. The van der Waals surface area contributed by atoms with Crippen LogP contribution in [0.4, 0.5) is 18.9 Å². The lowest BCUT2D eigenvalue weighted by atomic mass is 10.1. The fourth-order valence-corrected chi connectivity index (χ4v) is 6.27. The first-order chi connectivity index (χ1) is 18.0. The number of sulfonamides is 1. The number of carbonyl (C=O) groups is 1. The van der Waals surface area contributed by atoms with Gasteiger partial charge in [-0.15, -0.1) is 11.8 Å². The minimum atomic E-state index is -4.06. The molecule has 1 unspecified atom stereocenters. The lowest BCUT2D eigenvalue weighted by Crippen LogP contribution is -2.41. The average Bonchev–Trinajstić information content (AvgIpc) is 2.96. The summed E-state index contributed by atoms with van der Waals surface area (Å²) in [5.41, 5.74) is 0.365. The van der Waals surface area contributed by atoms with Crippen LogP contribution in [0.25, 0.3) is 0 Å². The van der Waals surface area contributed by atoms with Gasteiger partial charge in [0.25, 0.3) is 0 Å². The lowest BCUT2D eigenvalue weighted by Gasteiger charge is -2.30. The third-order valence-corrected chi connectivity index (χ3v) is 8.91. The first-order valence-corrected chi connectivity index (χ1v) is 14.8. The molecule has 38 heavy (non-hydrogen) atoms. The van der Waals surface area contributed by atoms with Gasteiger partial charge in [0, 0.05) is 37.8 Å². The summed E-state index contributed by atoms with van der Waals surface area (Å²) < 4.78 is 81.4. The molecular weight excluding hydrogens is 541 g/mol. The van der Waals surface area contributed by atoms with E-state index in [1.165, 1.54) is 36.1 Å². The van der Waals surface area contributed by atoms with E-state index in [9.17, 15) is 26.4 Å². The van der Waals surface area contributed by atoms with Crippen LogP contribution in [-0.2, 0) is 26.1 Å². The van der Waals surface area contributed by atoms with E-state index in [0.29, 0.717) is 17.6 Å². The molecule has 0 radical (unpaired) electrons. The van der Waals surface area contributed by atoms with Gasteiger partial charge in [-0.2, -0.15) is 8.70 Å². The maximum Gasteiger partial charge on any atom is 0.370 e. The summed E-state index contributed by atoms with van der Waals surface area (Å²) in [6, 6.07) is 5.54. The van der Waals surface area contributed by atoms with Crippen LogP contribution in [0.5, 0.6) is 5.75 Å². The third-order valence-electron chi connectivity index (χ3n) is 6.21. The molecule has 0 fully saturated rings. The number of benzene rings is 2. The van der Waals surface area contributed by atoms with Gasteiger partial charge in [0.05, 0.1) is 17.2 Å². The number of esters is 1. The molecule has 1 atom stereocenters. The van der Waals surface area contributed by atoms with Crippen molar-refractivity contribution in [1.82, 2.24) is 4.31 Å². The Labute approximate surface area is 225 Å². The number of rotatable bonds is 10. The highest BCUT2D eigenvalue weighted by Gasteiger charge is 2.37. The summed E-state index contributed by atoms with van der Waals surface area (Å²) in [7, 11) is -2.58. The minimum absolute atomic E-state index is 0.0107. The number of likely N-dealkylation sites (N-methyl/N-ethyl adjacent to an activating group) is 1. The SMILES string of the molecule is CCCCC1CN(Cc2cc(F)ccc2F)c2cc(SC)c(O/C=C(\F)C(=O)OCC)cc2S(=O)(=O)N1C. The molecule has 2 aromatic rings. The van der Waals surface area contributed by atoms with E-state index < -0.39 is 39.5 Å². The van der Waals surface area contributed by atoms with Gasteiger partial charge in [-0.1, -0.05) is 19.8 Å². The largest absolute Gasteiger partial charge is 0.461 e. The van der Waals surface area contributed by atoms with Gasteiger partial charge >= 0.3 is 5.97 Å². The number of hydrogen-bond donors (Lipinski definition) is 0. The standard InChI is InChI=1S/C26H31F3N2O5S2/c1-5-7-8-19-15-31(14-17-11-18(27)9-10-20(17)28)22-12-24(37-4)23(13-25(22)38(33,34)30(19)3)36-16-21(29)26(32)35-6-2/h9-13,16,19H,5-8,14-15H2,1-4H3/b21-16-. The van der Waals surface area contributed by atoms with Crippen molar-refractivity contribution in [1.29, 1.82) is 0 Å². The van der Waals surface area contributed by atoms with Crippen LogP contribution in [0.2, 0.25) is 0 Å². The number of carbonyl (C=O) groups excluding carboxylic acids is 1. The first kappa shape index (κ1) is 29.9. The Morgan fingerprint density at radius 1 is 1.21 bits per heavy atom. The van der Waals surface area contributed by atoms with Gasteiger partial charge in [0.2, 0.25) is 15.9 Å². The molecular formula is C26H31F3N2O5S2. The molecule has 208 valence electrons. The first-order valence-electron chi connectivity index (χ1n) is 12.1. The molecule has 0 saturated carbocycles. The summed E-state index contributed by atoms with van der Waals surface area (Å²) in [5.74, 6) is -3.69. The molecule has 1 aliphatic heterocycles. The molecule has 0 aromatic heterocycles. The van der Waals surface area contributed by atoms with Crippen molar-refractivity contribution >= 4 is 33.4 Å². The third kappa shape index (κ3) is 6.65. The molecule has 2 aromatic carbocycles. The van der Waals surface area contributed by atoms with Crippen molar-refractivity contribution in [2.45, 2.75) is 55.5 Å². The highest BCUT2D eigenvalue weighted by molar-refractivity contribution is 7.98. The molecule has 0 saturated heterocycles. The van der Waals surface area contributed by atoms with Crippen LogP contribution in [0.15, 0.2) is 52.2 Å². The summed E-state index contributed by atoms with van der Waals surface area (Å²) in [5, 5.41) is 0. The minimum Gasteiger partial charge on any atom is -0.461 e. The topological polar surface area (TPSA) is 76.1 Å². The second-order valence-electron chi connectivity index (χ2n) is 8.71. The quantitative estimate of drug-likeness (QED) is 0.158. The van der Waals surface area contributed by atoms with Gasteiger partial charge in [0.15, 0.2) is 0 Å². The van der Waals surface area contributed by atoms with E-state index in [4.69, 9.17) is 4.74 Å². The van der Waals surface area contributed by atoms with Crippen molar-refractivity contribution < 1.29 is 35.9 Å². The molecule has 3 rings (SSSR count). The van der Waals surface area contributed by atoms with Gasteiger partial charge in [-0.3, -0.25) is 0 Å². The number of halogens is 3. The van der Waals surface area contributed by atoms with E-state index >= 15 is 0 Å². The fourth-order valence-electron chi connectivity index (χ4n) is 4.15. The van der Waals surface area contributed by atoms with Gasteiger partial charge < -0.3 is 14.4 Å². The van der Waals surface area contributed by atoms with Crippen LogP contribution in [0, 0.1) is 11.6 Å².